The maximum absolute atomic E-state index is 7.42. The van der Waals surface area contributed by atoms with Crippen LogP contribution >= 0.6 is 0 Å². The third kappa shape index (κ3) is 3.29. The molecule has 0 aliphatic heterocycles. The molecule has 3 N–H and O–H groups in total. The lowest BCUT2D eigenvalue weighted by Gasteiger charge is -2.12. The number of hydrogen-bond acceptors (Lipinski definition) is 3. The van der Waals surface area contributed by atoms with E-state index in [4.69, 9.17) is 20.6 Å². The van der Waals surface area contributed by atoms with Crippen molar-refractivity contribution >= 4 is 5.84 Å². The van der Waals surface area contributed by atoms with Gasteiger partial charge in [-0.3, -0.25) is 5.41 Å². The van der Waals surface area contributed by atoms with Gasteiger partial charge >= 0.3 is 0 Å². The molecule has 0 heterocycles. The number of aryl methyl sites for hydroxylation is 1. The van der Waals surface area contributed by atoms with Crippen molar-refractivity contribution in [3.63, 3.8) is 0 Å². The summed E-state index contributed by atoms with van der Waals surface area (Å²) in [6.45, 7) is 2.52. The Morgan fingerprint density at radius 2 is 1.80 bits per heavy atom. The Morgan fingerprint density at radius 3 is 2.40 bits per heavy atom. The van der Waals surface area contributed by atoms with Crippen molar-refractivity contribution in [3.05, 3.63) is 59.2 Å². The van der Waals surface area contributed by atoms with Crippen molar-refractivity contribution < 1.29 is 9.47 Å². The molecule has 2 rings (SSSR count). The molecule has 2 aromatic rings. The molecule has 0 atom stereocenters. The minimum absolute atomic E-state index is 0.00776. The molecule has 0 aliphatic carbocycles. The molecule has 0 bridgehead atoms. The summed E-state index contributed by atoms with van der Waals surface area (Å²) in [6.07, 6.45) is 0. The topological polar surface area (TPSA) is 68.3 Å². The molecule has 0 aromatic heterocycles. The number of ether oxygens (including phenoxy) is 2. The molecule has 0 aliphatic rings. The van der Waals surface area contributed by atoms with Gasteiger partial charge in [0.05, 0.1) is 7.11 Å². The number of amidine groups is 1. The smallest absolute Gasteiger partial charge is 0.161 e. The van der Waals surface area contributed by atoms with Crippen LogP contribution in [0.4, 0.5) is 0 Å². The van der Waals surface area contributed by atoms with E-state index in [1.165, 1.54) is 5.56 Å². The van der Waals surface area contributed by atoms with Gasteiger partial charge in [-0.1, -0.05) is 29.8 Å². The Labute approximate surface area is 118 Å². The summed E-state index contributed by atoms with van der Waals surface area (Å²) in [5.74, 6) is 1.22. The van der Waals surface area contributed by atoms with Gasteiger partial charge < -0.3 is 15.2 Å². The van der Waals surface area contributed by atoms with E-state index in [1.807, 2.05) is 19.1 Å². The first-order chi connectivity index (χ1) is 9.60. The predicted molar refractivity (Wildman–Crippen MR) is 79.5 cm³/mol. The average Bonchev–Trinajstić information content (AvgIpc) is 2.46. The fraction of sp³-hybridized carbons (Fsp3) is 0.188. The second kappa shape index (κ2) is 6.10. The summed E-state index contributed by atoms with van der Waals surface area (Å²) >= 11 is 0. The van der Waals surface area contributed by atoms with Gasteiger partial charge in [-0.2, -0.15) is 0 Å². The highest BCUT2D eigenvalue weighted by Gasteiger charge is 2.07. The van der Waals surface area contributed by atoms with E-state index in [-0.39, 0.29) is 5.84 Å². The number of benzene rings is 2. The van der Waals surface area contributed by atoms with E-state index in [0.29, 0.717) is 23.7 Å². The van der Waals surface area contributed by atoms with E-state index in [2.05, 4.69) is 12.1 Å². The molecule has 20 heavy (non-hydrogen) atoms. The van der Waals surface area contributed by atoms with Crippen LogP contribution in [0.5, 0.6) is 11.5 Å². The maximum Gasteiger partial charge on any atom is 0.161 e. The van der Waals surface area contributed by atoms with E-state index >= 15 is 0 Å². The van der Waals surface area contributed by atoms with Crippen LogP contribution in [-0.2, 0) is 6.61 Å². The van der Waals surface area contributed by atoms with Crippen LogP contribution in [0.25, 0.3) is 0 Å². The number of nitrogens with one attached hydrogen (secondary N) is 1. The Morgan fingerprint density at radius 1 is 1.10 bits per heavy atom. The Hall–Kier alpha value is -2.49. The molecule has 0 saturated carbocycles. The van der Waals surface area contributed by atoms with E-state index in [1.54, 1.807) is 25.3 Å². The predicted octanol–water partition coefficient (Wildman–Crippen LogP) is 2.87. The van der Waals surface area contributed by atoms with E-state index in [9.17, 15) is 0 Å². The zero-order valence-electron chi connectivity index (χ0n) is 11.6. The summed E-state index contributed by atoms with van der Waals surface area (Å²) in [7, 11) is 1.57. The van der Waals surface area contributed by atoms with Gasteiger partial charge in [0.15, 0.2) is 11.5 Å². The molecule has 104 valence electrons. The van der Waals surface area contributed by atoms with Crippen LogP contribution in [0.2, 0.25) is 0 Å². The molecule has 0 fully saturated rings. The molecule has 0 saturated heterocycles. The number of nitrogens with two attached hydrogens (primary N) is 1. The van der Waals surface area contributed by atoms with Gasteiger partial charge in [0.1, 0.15) is 12.4 Å². The number of nitrogen functional groups attached to an aromatic ring is 1. The monoisotopic (exact) mass is 270 g/mol. The molecule has 0 unspecified atom stereocenters. The highest BCUT2D eigenvalue weighted by atomic mass is 16.5. The van der Waals surface area contributed by atoms with Crippen LogP contribution in [0.15, 0.2) is 42.5 Å². The van der Waals surface area contributed by atoms with Gasteiger partial charge in [0, 0.05) is 5.56 Å². The van der Waals surface area contributed by atoms with Crippen LogP contribution < -0.4 is 15.2 Å². The quantitative estimate of drug-likeness (QED) is 0.648. The third-order valence-corrected chi connectivity index (χ3v) is 2.99. The van der Waals surface area contributed by atoms with E-state index in [0.717, 1.165) is 5.56 Å². The fourth-order valence-corrected chi connectivity index (χ4v) is 1.80. The fourth-order valence-electron chi connectivity index (χ4n) is 1.80. The first-order valence-electron chi connectivity index (χ1n) is 6.31. The summed E-state index contributed by atoms with van der Waals surface area (Å²) < 4.78 is 11.0. The first kappa shape index (κ1) is 13.9. The Kier molecular flexibility index (Phi) is 4.25. The number of methoxy groups -OCH3 is 1. The standard InChI is InChI=1S/C16H18N2O2/c1-11-3-5-12(6-4-11)10-20-14-8-7-13(16(17)18)9-15(14)19-2/h3-9H,10H2,1-2H3,(H3,17,18). The van der Waals surface area contributed by atoms with Gasteiger partial charge in [0.2, 0.25) is 0 Å². The second-order valence-corrected chi connectivity index (χ2v) is 4.55. The third-order valence-electron chi connectivity index (χ3n) is 2.99. The van der Waals surface area contributed by atoms with Crippen LogP contribution in [0.3, 0.4) is 0 Å². The zero-order chi connectivity index (χ0) is 14.5. The van der Waals surface area contributed by atoms with Crippen molar-refractivity contribution in [2.75, 3.05) is 7.11 Å². The molecule has 2 aromatic carbocycles. The number of hydrogen-bond donors (Lipinski definition) is 2. The summed E-state index contributed by atoms with van der Waals surface area (Å²) in [6, 6.07) is 13.4. The second-order valence-electron chi connectivity index (χ2n) is 4.55. The lowest BCUT2D eigenvalue weighted by atomic mass is 10.1. The van der Waals surface area contributed by atoms with Crippen LogP contribution in [0.1, 0.15) is 16.7 Å². The molecule has 0 spiro atoms. The van der Waals surface area contributed by atoms with Crippen molar-refractivity contribution in [1.29, 1.82) is 5.41 Å². The largest absolute Gasteiger partial charge is 0.493 e. The highest BCUT2D eigenvalue weighted by molar-refractivity contribution is 5.95. The van der Waals surface area contributed by atoms with Crippen molar-refractivity contribution in [3.8, 4) is 11.5 Å². The minimum Gasteiger partial charge on any atom is -0.493 e. The van der Waals surface area contributed by atoms with Gasteiger partial charge in [-0.25, -0.2) is 0 Å². The SMILES string of the molecule is COc1cc(C(=N)N)ccc1OCc1ccc(C)cc1. The summed E-state index contributed by atoms with van der Waals surface area (Å²) in [5, 5.41) is 7.42. The molecule has 0 radical (unpaired) electrons. The van der Waals surface area contributed by atoms with Crippen molar-refractivity contribution in [1.82, 2.24) is 0 Å². The van der Waals surface area contributed by atoms with Gasteiger partial charge in [0.25, 0.3) is 0 Å². The van der Waals surface area contributed by atoms with E-state index < -0.39 is 0 Å². The first-order valence-corrected chi connectivity index (χ1v) is 6.31. The molecule has 4 nitrogen and oxygen atoms in total. The van der Waals surface area contributed by atoms with Crippen molar-refractivity contribution in [2.24, 2.45) is 5.73 Å². The normalized spacial score (nSPS) is 10.1. The van der Waals surface area contributed by atoms with Crippen molar-refractivity contribution in [2.45, 2.75) is 13.5 Å². The van der Waals surface area contributed by atoms with Gasteiger partial charge in [-0.05, 0) is 30.7 Å². The van der Waals surface area contributed by atoms with Gasteiger partial charge in [-0.15, -0.1) is 0 Å². The average molecular weight is 270 g/mol. The Balaban J connectivity index is 2.12. The summed E-state index contributed by atoms with van der Waals surface area (Å²) in [5.41, 5.74) is 8.38. The molecule has 4 heteroatoms. The lowest BCUT2D eigenvalue weighted by molar-refractivity contribution is 0.284. The summed E-state index contributed by atoms with van der Waals surface area (Å²) in [4.78, 5) is 0. The zero-order valence-corrected chi connectivity index (χ0v) is 11.6. The maximum atomic E-state index is 7.42. The Bertz CT molecular complexity index is 606. The van der Waals surface area contributed by atoms with Crippen LogP contribution in [-0.4, -0.2) is 12.9 Å². The minimum atomic E-state index is 0.00776. The highest BCUT2D eigenvalue weighted by Crippen LogP contribution is 2.28. The molecular weight excluding hydrogens is 252 g/mol. The van der Waals surface area contributed by atoms with Crippen LogP contribution in [0, 0.1) is 12.3 Å². The lowest BCUT2D eigenvalue weighted by Crippen LogP contribution is -2.11. The number of rotatable bonds is 5. The molecule has 0 amide bonds. The molecular formula is C16H18N2O2.